The number of rotatable bonds is 8. The highest BCUT2D eigenvalue weighted by Crippen LogP contribution is 2.22. The summed E-state index contributed by atoms with van der Waals surface area (Å²) in [5.74, 6) is 0.595. The third kappa shape index (κ3) is 7.37. The highest BCUT2D eigenvalue weighted by Gasteiger charge is 2.19. The molecule has 0 saturated carbocycles. The average Bonchev–Trinajstić information content (AvgIpc) is 2.48. The topological polar surface area (TPSA) is 76.8 Å². The summed E-state index contributed by atoms with van der Waals surface area (Å²) < 4.78 is 10.3. The van der Waals surface area contributed by atoms with E-state index in [9.17, 15) is 4.79 Å². The first-order chi connectivity index (χ1) is 10.0. The Morgan fingerprint density at radius 2 is 1.96 bits per heavy atom. The number of carbonyl (C=O) groups is 1. The summed E-state index contributed by atoms with van der Waals surface area (Å²) in [6, 6.07) is 7.84. The van der Waals surface area contributed by atoms with Gasteiger partial charge < -0.3 is 25.4 Å². The maximum absolute atomic E-state index is 11.9. The molecule has 3 N–H and O–H groups in total. The number of amides is 1. The monoisotopic (exact) mass is 367 g/mol. The van der Waals surface area contributed by atoms with Crippen molar-refractivity contribution in [2.24, 2.45) is 5.73 Å². The maximum Gasteiger partial charge on any atom is 0.250 e. The van der Waals surface area contributed by atoms with E-state index in [2.05, 4.69) is 5.32 Å². The van der Waals surface area contributed by atoms with Gasteiger partial charge in [-0.25, -0.2) is 0 Å². The molecular weight excluding hydrogens is 341 g/mol. The van der Waals surface area contributed by atoms with Gasteiger partial charge in [-0.15, -0.1) is 24.8 Å². The lowest BCUT2D eigenvalue weighted by molar-refractivity contribution is -0.130. The predicted molar refractivity (Wildman–Crippen MR) is 96.8 cm³/mol. The summed E-state index contributed by atoms with van der Waals surface area (Å²) >= 11 is 0. The van der Waals surface area contributed by atoms with Crippen LogP contribution in [0.25, 0.3) is 0 Å². The van der Waals surface area contributed by atoms with Crippen LogP contribution in [0.2, 0.25) is 0 Å². The Labute approximate surface area is 150 Å². The van der Waals surface area contributed by atoms with Crippen molar-refractivity contribution in [2.75, 3.05) is 41.4 Å². The van der Waals surface area contributed by atoms with Gasteiger partial charge in [-0.2, -0.15) is 0 Å². The van der Waals surface area contributed by atoms with E-state index in [1.54, 1.807) is 7.11 Å². The van der Waals surface area contributed by atoms with Crippen molar-refractivity contribution in [1.29, 1.82) is 0 Å². The molecule has 0 heterocycles. The van der Waals surface area contributed by atoms with Crippen LogP contribution in [0.5, 0.6) is 5.75 Å². The lowest BCUT2D eigenvalue weighted by Gasteiger charge is -2.26. The van der Waals surface area contributed by atoms with E-state index in [1.165, 1.54) is 7.11 Å². The smallest absolute Gasteiger partial charge is 0.250 e. The van der Waals surface area contributed by atoms with Crippen LogP contribution in [0.3, 0.4) is 0 Å². The molecule has 0 aliphatic carbocycles. The Balaban J connectivity index is 0. The summed E-state index contributed by atoms with van der Waals surface area (Å²) in [5.41, 5.74) is 6.56. The highest BCUT2D eigenvalue weighted by atomic mass is 35.5. The molecule has 1 aromatic rings. The van der Waals surface area contributed by atoms with Crippen LogP contribution in [0.15, 0.2) is 24.3 Å². The molecule has 6 nitrogen and oxygen atoms in total. The van der Waals surface area contributed by atoms with Gasteiger partial charge in [-0.05, 0) is 31.8 Å². The number of benzene rings is 1. The number of nitrogens with two attached hydrogens (primary N) is 1. The lowest BCUT2D eigenvalue weighted by Crippen LogP contribution is -2.43. The van der Waals surface area contributed by atoms with Crippen molar-refractivity contribution < 1.29 is 14.3 Å². The molecule has 23 heavy (non-hydrogen) atoms. The second kappa shape index (κ2) is 12.4. The predicted octanol–water partition coefficient (Wildman–Crippen LogP) is 1.23. The standard InChI is InChI=1S/C15H25N3O3.2ClH/c1-18(2)13(10-17-15(19)14(9-16)21-4)11-6-5-7-12(8-11)20-3;;/h5-8,13-14H,9-10,16H2,1-4H3,(H,17,19);2*1H. The number of hydrogen-bond donors (Lipinski definition) is 2. The van der Waals surface area contributed by atoms with Crippen LogP contribution in [-0.2, 0) is 9.53 Å². The number of halogens is 2. The Bertz CT molecular complexity index is 457. The molecule has 0 aliphatic heterocycles. The third-order valence-electron chi connectivity index (χ3n) is 3.36. The van der Waals surface area contributed by atoms with Crippen molar-refractivity contribution in [1.82, 2.24) is 10.2 Å². The third-order valence-corrected chi connectivity index (χ3v) is 3.36. The summed E-state index contributed by atoms with van der Waals surface area (Å²) in [6.07, 6.45) is -0.613. The Morgan fingerprint density at radius 1 is 1.30 bits per heavy atom. The van der Waals surface area contributed by atoms with E-state index in [4.69, 9.17) is 15.2 Å². The van der Waals surface area contributed by atoms with Gasteiger partial charge in [-0.1, -0.05) is 12.1 Å². The van der Waals surface area contributed by atoms with Crippen LogP contribution in [0.1, 0.15) is 11.6 Å². The largest absolute Gasteiger partial charge is 0.497 e. The Morgan fingerprint density at radius 3 is 2.43 bits per heavy atom. The number of carbonyl (C=O) groups excluding carboxylic acids is 1. The van der Waals surface area contributed by atoms with Gasteiger partial charge in [-0.3, -0.25) is 4.79 Å². The first-order valence-electron chi connectivity index (χ1n) is 6.84. The zero-order valence-electron chi connectivity index (χ0n) is 13.9. The van der Waals surface area contributed by atoms with E-state index in [0.29, 0.717) is 6.54 Å². The second-order valence-electron chi connectivity index (χ2n) is 4.96. The van der Waals surface area contributed by atoms with Gasteiger partial charge in [0, 0.05) is 20.2 Å². The summed E-state index contributed by atoms with van der Waals surface area (Å²) in [5, 5.41) is 2.88. The minimum absolute atomic E-state index is 0. The molecule has 0 saturated heterocycles. The molecule has 1 amide bonds. The van der Waals surface area contributed by atoms with Gasteiger partial charge in [0.25, 0.3) is 5.91 Å². The second-order valence-corrected chi connectivity index (χ2v) is 4.96. The lowest BCUT2D eigenvalue weighted by atomic mass is 10.1. The van der Waals surface area contributed by atoms with Crippen LogP contribution in [0.4, 0.5) is 0 Å². The number of likely N-dealkylation sites (N-methyl/N-ethyl adjacent to an activating group) is 1. The number of nitrogens with one attached hydrogen (secondary N) is 1. The number of nitrogens with zero attached hydrogens (tertiary/aromatic N) is 1. The van der Waals surface area contributed by atoms with Crippen molar-refractivity contribution in [3.05, 3.63) is 29.8 Å². The molecule has 0 radical (unpaired) electrons. The Hall–Kier alpha value is -1.05. The van der Waals surface area contributed by atoms with Gasteiger partial charge in [0.2, 0.25) is 0 Å². The zero-order chi connectivity index (χ0) is 15.8. The molecular formula is C15H27Cl2N3O3. The van der Waals surface area contributed by atoms with Crippen molar-refractivity contribution in [2.45, 2.75) is 12.1 Å². The van der Waals surface area contributed by atoms with Gasteiger partial charge in [0.15, 0.2) is 0 Å². The first kappa shape index (κ1) is 24.2. The van der Waals surface area contributed by atoms with E-state index in [1.807, 2.05) is 43.3 Å². The van der Waals surface area contributed by atoms with Crippen LogP contribution in [-0.4, -0.2) is 58.3 Å². The molecule has 2 atom stereocenters. The minimum atomic E-state index is -0.613. The fourth-order valence-electron chi connectivity index (χ4n) is 2.07. The fourth-order valence-corrected chi connectivity index (χ4v) is 2.07. The molecule has 1 aromatic carbocycles. The summed E-state index contributed by atoms with van der Waals surface area (Å²) in [4.78, 5) is 14.0. The fraction of sp³-hybridized carbons (Fsp3) is 0.533. The molecule has 2 unspecified atom stereocenters. The molecule has 134 valence electrons. The molecule has 0 aromatic heterocycles. The van der Waals surface area contributed by atoms with Gasteiger partial charge in [0.1, 0.15) is 11.9 Å². The van der Waals surface area contributed by atoms with Gasteiger partial charge in [0.05, 0.1) is 13.2 Å². The van der Waals surface area contributed by atoms with Crippen molar-refractivity contribution >= 4 is 30.7 Å². The molecule has 0 bridgehead atoms. The highest BCUT2D eigenvalue weighted by molar-refractivity contribution is 5.85. The number of ether oxygens (including phenoxy) is 2. The first-order valence-corrected chi connectivity index (χ1v) is 6.84. The SMILES string of the molecule is COc1cccc(C(CNC(=O)C(CN)OC)N(C)C)c1.Cl.Cl. The number of hydrogen-bond acceptors (Lipinski definition) is 5. The Kier molecular flexibility index (Phi) is 13.0. The minimum Gasteiger partial charge on any atom is -0.497 e. The van der Waals surface area contributed by atoms with E-state index in [-0.39, 0.29) is 43.3 Å². The van der Waals surface area contributed by atoms with Crippen LogP contribution in [0, 0.1) is 0 Å². The van der Waals surface area contributed by atoms with E-state index in [0.717, 1.165) is 11.3 Å². The van der Waals surface area contributed by atoms with E-state index < -0.39 is 6.10 Å². The maximum atomic E-state index is 11.9. The normalized spacial score (nSPS) is 12.6. The van der Waals surface area contributed by atoms with Crippen molar-refractivity contribution in [3.63, 3.8) is 0 Å². The van der Waals surface area contributed by atoms with Crippen molar-refractivity contribution in [3.8, 4) is 5.75 Å². The summed E-state index contributed by atoms with van der Waals surface area (Å²) in [7, 11) is 7.04. The molecule has 0 spiro atoms. The van der Waals surface area contributed by atoms with Crippen LogP contribution < -0.4 is 15.8 Å². The number of methoxy groups -OCH3 is 2. The van der Waals surface area contributed by atoms with Gasteiger partial charge >= 0.3 is 0 Å². The van der Waals surface area contributed by atoms with Crippen LogP contribution >= 0.6 is 24.8 Å². The molecule has 0 fully saturated rings. The molecule has 0 aliphatic rings. The van der Waals surface area contributed by atoms with E-state index >= 15 is 0 Å². The molecule has 8 heteroatoms. The average molecular weight is 368 g/mol. The summed E-state index contributed by atoms with van der Waals surface area (Å²) in [6.45, 7) is 0.632. The quantitative estimate of drug-likeness (QED) is 0.722. The molecule has 1 rings (SSSR count). The zero-order valence-corrected chi connectivity index (χ0v) is 15.6.